The number of para-hydroxylation sites is 1. The van der Waals surface area contributed by atoms with E-state index in [1.54, 1.807) is 0 Å². The first-order chi connectivity index (χ1) is 12.8. The van der Waals surface area contributed by atoms with E-state index in [0.717, 1.165) is 27.0 Å². The van der Waals surface area contributed by atoms with Crippen molar-refractivity contribution >= 4 is 43.3 Å². The smallest absolute Gasteiger partial charge is 0.230 e. The van der Waals surface area contributed by atoms with Crippen molar-refractivity contribution in [3.05, 3.63) is 46.6 Å². The van der Waals surface area contributed by atoms with Crippen molar-refractivity contribution in [2.45, 2.75) is 19.4 Å². The van der Waals surface area contributed by atoms with Gasteiger partial charge in [-0.05, 0) is 11.6 Å². The molecule has 0 spiro atoms. The van der Waals surface area contributed by atoms with Gasteiger partial charge in [0, 0.05) is 48.5 Å². The Balaban J connectivity index is 1.49. The number of benzene rings is 1. The summed E-state index contributed by atoms with van der Waals surface area (Å²) in [5.41, 5.74) is 2.93. The van der Waals surface area contributed by atoms with Gasteiger partial charge in [0.2, 0.25) is 15.9 Å². The fourth-order valence-electron chi connectivity index (χ4n) is 3.41. The van der Waals surface area contributed by atoms with Crippen molar-refractivity contribution in [2.24, 2.45) is 7.05 Å². The maximum absolute atomic E-state index is 12.5. The summed E-state index contributed by atoms with van der Waals surface area (Å²) < 4.78 is 26.9. The van der Waals surface area contributed by atoms with E-state index in [9.17, 15) is 13.2 Å². The molecule has 3 heterocycles. The number of nitrogens with zero attached hydrogens (tertiary/aromatic N) is 3. The maximum atomic E-state index is 12.5. The van der Waals surface area contributed by atoms with E-state index in [1.807, 2.05) is 42.1 Å². The number of aromatic nitrogens is 2. The molecule has 1 aliphatic rings. The number of rotatable bonds is 4. The second kappa shape index (κ2) is 6.74. The van der Waals surface area contributed by atoms with Crippen LogP contribution in [0.5, 0.6) is 0 Å². The van der Waals surface area contributed by atoms with Crippen molar-refractivity contribution in [3.8, 4) is 0 Å². The lowest BCUT2D eigenvalue weighted by molar-refractivity contribution is -0.115. The average Bonchev–Trinajstić information content (AvgIpc) is 3.14. The van der Waals surface area contributed by atoms with Gasteiger partial charge in [-0.15, -0.1) is 11.3 Å². The van der Waals surface area contributed by atoms with E-state index < -0.39 is 10.0 Å². The van der Waals surface area contributed by atoms with Gasteiger partial charge in [0.1, 0.15) is 0 Å². The lowest BCUT2D eigenvalue weighted by atomic mass is 10.1. The highest BCUT2D eigenvalue weighted by Gasteiger charge is 2.26. The minimum absolute atomic E-state index is 0.127. The Labute approximate surface area is 161 Å². The number of nitrogens with one attached hydrogen (secondary N) is 1. The number of amides is 1. The number of thiazole rings is 1. The minimum atomic E-state index is -3.22. The quantitative estimate of drug-likeness (QED) is 0.722. The van der Waals surface area contributed by atoms with Gasteiger partial charge in [-0.25, -0.2) is 13.4 Å². The average molecular weight is 405 g/mol. The summed E-state index contributed by atoms with van der Waals surface area (Å²) in [6.07, 6.45) is 4.02. The summed E-state index contributed by atoms with van der Waals surface area (Å²) in [7, 11) is -1.25. The molecule has 4 rings (SSSR count). The van der Waals surface area contributed by atoms with E-state index in [2.05, 4.69) is 10.3 Å². The molecule has 2 aromatic heterocycles. The van der Waals surface area contributed by atoms with Gasteiger partial charge in [-0.1, -0.05) is 18.2 Å². The van der Waals surface area contributed by atoms with Crippen LogP contribution in [0.3, 0.4) is 0 Å². The minimum Gasteiger partial charge on any atom is -0.350 e. The highest BCUT2D eigenvalue weighted by atomic mass is 32.2. The second-order valence-electron chi connectivity index (χ2n) is 6.74. The fourth-order valence-corrected chi connectivity index (χ4v) is 5.32. The van der Waals surface area contributed by atoms with Crippen LogP contribution in [0.2, 0.25) is 0 Å². The first-order valence-corrected chi connectivity index (χ1v) is 11.2. The van der Waals surface area contributed by atoms with E-state index in [0.29, 0.717) is 24.6 Å². The molecule has 1 amide bonds. The molecule has 9 heteroatoms. The van der Waals surface area contributed by atoms with Crippen molar-refractivity contribution in [1.82, 2.24) is 13.9 Å². The van der Waals surface area contributed by atoms with Crippen molar-refractivity contribution in [3.63, 3.8) is 0 Å². The van der Waals surface area contributed by atoms with Gasteiger partial charge in [0.05, 0.1) is 18.4 Å². The summed E-state index contributed by atoms with van der Waals surface area (Å²) in [5.74, 6) is -0.127. The van der Waals surface area contributed by atoms with Crippen LogP contribution in [0.15, 0.2) is 30.5 Å². The van der Waals surface area contributed by atoms with Gasteiger partial charge >= 0.3 is 0 Å². The summed E-state index contributed by atoms with van der Waals surface area (Å²) in [6, 6.07) is 7.98. The number of sulfonamides is 1. The molecule has 7 nitrogen and oxygen atoms in total. The lowest BCUT2D eigenvalue weighted by Crippen LogP contribution is -2.34. The number of carbonyl (C=O) groups excluding carboxylic acids is 1. The number of anilines is 1. The zero-order valence-electron chi connectivity index (χ0n) is 15.1. The zero-order valence-corrected chi connectivity index (χ0v) is 16.7. The van der Waals surface area contributed by atoms with Gasteiger partial charge < -0.3 is 9.88 Å². The lowest BCUT2D eigenvalue weighted by Gasteiger charge is -2.23. The normalized spacial score (nSPS) is 15.0. The van der Waals surface area contributed by atoms with Crippen LogP contribution in [0.1, 0.15) is 16.1 Å². The molecule has 0 unspecified atom stereocenters. The Hall–Kier alpha value is -2.23. The largest absolute Gasteiger partial charge is 0.350 e. The van der Waals surface area contributed by atoms with Gasteiger partial charge in [-0.3, -0.25) is 4.79 Å². The second-order valence-corrected chi connectivity index (χ2v) is 9.81. The summed E-state index contributed by atoms with van der Waals surface area (Å²) in [4.78, 5) is 17.9. The highest BCUT2D eigenvalue weighted by Crippen LogP contribution is 2.29. The molecule has 1 N–H and O–H groups in total. The van der Waals surface area contributed by atoms with E-state index >= 15 is 0 Å². The molecule has 3 aromatic rings. The number of hydrogen-bond donors (Lipinski definition) is 1. The Bertz CT molecular complexity index is 1130. The van der Waals surface area contributed by atoms with E-state index in [-0.39, 0.29) is 12.3 Å². The molecule has 0 radical (unpaired) electrons. The zero-order chi connectivity index (χ0) is 19.2. The highest BCUT2D eigenvalue weighted by molar-refractivity contribution is 7.88. The van der Waals surface area contributed by atoms with Gasteiger partial charge in [0.15, 0.2) is 5.13 Å². The molecular formula is C18H20N4O3S2. The maximum Gasteiger partial charge on any atom is 0.230 e. The Morgan fingerprint density at radius 3 is 2.89 bits per heavy atom. The molecule has 1 aliphatic heterocycles. The third-order valence-electron chi connectivity index (χ3n) is 4.74. The summed E-state index contributed by atoms with van der Waals surface area (Å²) in [6.45, 7) is 0.754. The number of hydrogen-bond acceptors (Lipinski definition) is 5. The molecule has 0 bridgehead atoms. The van der Waals surface area contributed by atoms with Gasteiger partial charge in [0.25, 0.3) is 0 Å². The first kappa shape index (κ1) is 18.1. The van der Waals surface area contributed by atoms with Crippen LogP contribution >= 0.6 is 11.3 Å². The predicted molar refractivity (Wildman–Crippen MR) is 106 cm³/mol. The summed E-state index contributed by atoms with van der Waals surface area (Å²) in [5, 5.41) is 4.46. The Kier molecular flexibility index (Phi) is 4.53. The topological polar surface area (TPSA) is 84.3 Å². The molecule has 1 aromatic carbocycles. The third kappa shape index (κ3) is 3.62. The number of aryl methyl sites for hydroxylation is 1. The Morgan fingerprint density at radius 1 is 1.33 bits per heavy atom. The van der Waals surface area contributed by atoms with E-state index in [1.165, 1.54) is 21.9 Å². The molecule has 0 saturated carbocycles. The molecular weight excluding hydrogens is 384 g/mol. The van der Waals surface area contributed by atoms with Crippen LogP contribution in [-0.4, -0.2) is 41.0 Å². The SMILES string of the molecule is Cn1cc(CC(=O)Nc2nc3c(s2)CN(S(C)(=O)=O)CC3)c2ccccc21. The molecule has 0 saturated heterocycles. The van der Waals surface area contributed by atoms with Crippen LogP contribution in [0, 0.1) is 0 Å². The van der Waals surface area contributed by atoms with Crippen LogP contribution < -0.4 is 5.32 Å². The summed E-state index contributed by atoms with van der Waals surface area (Å²) >= 11 is 1.35. The van der Waals surface area contributed by atoms with Crippen LogP contribution in [0.25, 0.3) is 10.9 Å². The van der Waals surface area contributed by atoms with Crippen molar-refractivity contribution in [2.75, 3.05) is 18.1 Å². The number of carbonyl (C=O) groups is 1. The van der Waals surface area contributed by atoms with Crippen molar-refractivity contribution < 1.29 is 13.2 Å². The first-order valence-electron chi connectivity index (χ1n) is 8.58. The fraction of sp³-hybridized carbons (Fsp3) is 0.333. The predicted octanol–water partition coefficient (Wildman–Crippen LogP) is 2.13. The van der Waals surface area contributed by atoms with Crippen LogP contribution in [-0.2, 0) is 41.3 Å². The van der Waals surface area contributed by atoms with Gasteiger partial charge in [-0.2, -0.15) is 4.31 Å². The molecule has 0 fully saturated rings. The molecule has 0 aliphatic carbocycles. The number of fused-ring (bicyclic) bond motifs is 2. The third-order valence-corrected chi connectivity index (χ3v) is 6.99. The standard InChI is InChI=1S/C18H20N4O3S2/c1-21-10-12(13-5-3-4-6-15(13)21)9-17(23)20-18-19-14-7-8-22(27(2,24)25)11-16(14)26-18/h3-6,10H,7-9,11H2,1-2H3,(H,19,20,23). The Morgan fingerprint density at radius 2 is 2.11 bits per heavy atom. The van der Waals surface area contributed by atoms with Crippen LogP contribution in [0.4, 0.5) is 5.13 Å². The van der Waals surface area contributed by atoms with E-state index in [4.69, 9.17) is 0 Å². The molecule has 27 heavy (non-hydrogen) atoms. The van der Waals surface area contributed by atoms with Crippen molar-refractivity contribution in [1.29, 1.82) is 0 Å². The molecule has 0 atom stereocenters. The molecule has 142 valence electrons. The monoisotopic (exact) mass is 404 g/mol.